The molecule has 6 N–H and O–H groups in total. The third-order valence-electron chi connectivity index (χ3n) is 3.99. The second kappa shape index (κ2) is 12.6. The molecule has 10 nitrogen and oxygen atoms in total. The van der Waals surface area contributed by atoms with E-state index < -0.39 is 11.9 Å². The normalized spacial score (nSPS) is 15.1. The molecule has 0 amide bonds. The van der Waals surface area contributed by atoms with Gasteiger partial charge in [-0.05, 0) is 33.9 Å². The van der Waals surface area contributed by atoms with Crippen molar-refractivity contribution in [3.63, 3.8) is 0 Å². The average molecular weight is 453 g/mol. The van der Waals surface area contributed by atoms with Crippen LogP contribution in [0.1, 0.15) is 20.8 Å². The maximum Gasteiger partial charge on any atom is 0.224 e. The molecule has 2 atom stereocenters. The Morgan fingerprint density at radius 3 is 2.61 bits per heavy atom. The molecule has 0 radical (unpaired) electrons. The van der Waals surface area contributed by atoms with E-state index in [1.807, 2.05) is 13.8 Å². The van der Waals surface area contributed by atoms with Crippen molar-refractivity contribution in [2.75, 3.05) is 37.4 Å². The first-order valence-corrected chi connectivity index (χ1v) is 9.91. The van der Waals surface area contributed by atoms with Crippen molar-refractivity contribution >= 4 is 47.1 Å². The second-order valence-corrected chi connectivity index (χ2v) is 6.71. The fourth-order valence-corrected chi connectivity index (χ4v) is 2.42. The summed E-state index contributed by atoms with van der Waals surface area (Å²) in [6.07, 6.45) is 3.61. The molecule has 170 valence electrons. The van der Waals surface area contributed by atoms with E-state index in [4.69, 9.17) is 23.1 Å². The van der Waals surface area contributed by atoms with E-state index in [0.717, 1.165) is 12.3 Å². The topological polar surface area (TPSA) is 142 Å². The molecule has 0 spiro atoms. The largest absolute Gasteiger partial charge is 0.382 e. The number of aromatic nitrogens is 2. The molecule has 1 aromatic heterocycles. The predicted molar refractivity (Wildman–Crippen MR) is 129 cm³/mol. The molecule has 0 aliphatic carbocycles. The Morgan fingerprint density at radius 2 is 2.03 bits per heavy atom. The Morgan fingerprint density at radius 1 is 1.35 bits per heavy atom. The third-order valence-corrected chi connectivity index (χ3v) is 4.36. The Bertz CT molecular complexity index is 881. The van der Waals surface area contributed by atoms with Gasteiger partial charge in [-0.15, -0.1) is 0 Å². The average Bonchev–Trinajstić information content (AvgIpc) is 2.73. The molecule has 1 rings (SSSR count). The number of aliphatic imine (C=N–C) groups is 3. The molecule has 0 saturated carbocycles. The summed E-state index contributed by atoms with van der Waals surface area (Å²) in [5.41, 5.74) is 11.4. The molecule has 1 heterocycles. The van der Waals surface area contributed by atoms with Gasteiger partial charge >= 0.3 is 0 Å². The smallest absolute Gasteiger partial charge is 0.224 e. The maximum atomic E-state index is 13.7. The minimum Gasteiger partial charge on any atom is -0.382 e. The fraction of sp³-hybridized carbons (Fsp3) is 0.421. The summed E-state index contributed by atoms with van der Waals surface area (Å²) in [6.45, 7) is 9.48. The van der Waals surface area contributed by atoms with Gasteiger partial charge in [0.1, 0.15) is 28.3 Å². The van der Waals surface area contributed by atoms with Crippen LogP contribution < -0.4 is 22.1 Å². The van der Waals surface area contributed by atoms with Gasteiger partial charge in [0.25, 0.3) is 0 Å². The van der Waals surface area contributed by atoms with Crippen LogP contribution >= 0.6 is 11.6 Å². The molecule has 1 aromatic rings. The van der Waals surface area contributed by atoms with Gasteiger partial charge in [-0.25, -0.2) is 9.38 Å². The van der Waals surface area contributed by atoms with Crippen LogP contribution in [0.5, 0.6) is 0 Å². The molecule has 0 fully saturated rings. The van der Waals surface area contributed by atoms with Crippen molar-refractivity contribution in [1.29, 1.82) is 0 Å². The second-order valence-electron chi connectivity index (χ2n) is 6.34. The van der Waals surface area contributed by atoms with Gasteiger partial charge in [0.15, 0.2) is 5.82 Å². The molecule has 0 aliphatic rings. The number of amidine groups is 2. The molecule has 0 aliphatic heterocycles. The number of nitrogens with two attached hydrogens (primary N) is 2. The van der Waals surface area contributed by atoms with Gasteiger partial charge < -0.3 is 21.7 Å². The Hall–Kier alpha value is -3.05. The highest BCUT2D eigenvalue weighted by Crippen LogP contribution is 2.26. The summed E-state index contributed by atoms with van der Waals surface area (Å²) < 4.78 is 13.7. The fourth-order valence-electron chi connectivity index (χ4n) is 2.28. The lowest BCUT2D eigenvalue weighted by atomic mass is 10.2. The van der Waals surface area contributed by atoms with Crippen molar-refractivity contribution in [3.8, 4) is 0 Å². The third kappa shape index (κ3) is 7.95. The van der Waals surface area contributed by atoms with Crippen LogP contribution in [0.4, 0.5) is 22.0 Å². The van der Waals surface area contributed by atoms with Crippen LogP contribution in [0.3, 0.4) is 0 Å². The lowest BCUT2D eigenvalue weighted by Crippen LogP contribution is -2.43. The van der Waals surface area contributed by atoms with Gasteiger partial charge in [0.05, 0.1) is 24.6 Å². The van der Waals surface area contributed by atoms with Crippen molar-refractivity contribution in [2.24, 2.45) is 15.0 Å². The SMILES string of the molecule is C=C/C(F)=C\N=C([C@H](C)Nc1nc(N)nc(N)c1Cl)N(C)C(C=NC(C)NC)=NCC. The minimum atomic E-state index is -0.599. The van der Waals surface area contributed by atoms with Crippen LogP contribution in [0.25, 0.3) is 0 Å². The number of likely N-dealkylation sites (N-methyl/N-ethyl adjacent to an activating group) is 1. The predicted octanol–water partition coefficient (Wildman–Crippen LogP) is 2.48. The number of rotatable bonds is 9. The van der Waals surface area contributed by atoms with Gasteiger partial charge in [0, 0.05) is 13.6 Å². The van der Waals surface area contributed by atoms with E-state index in [1.165, 1.54) is 0 Å². The van der Waals surface area contributed by atoms with E-state index >= 15 is 0 Å². The number of anilines is 3. The van der Waals surface area contributed by atoms with Crippen LogP contribution in [0.15, 0.2) is 39.7 Å². The number of nitrogens with zero attached hydrogens (tertiary/aromatic N) is 6. The summed E-state index contributed by atoms with van der Waals surface area (Å²) >= 11 is 6.20. The summed E-state index contributed by atoms with van der Waals surface area (Å²) in [5, 5.41) is 6.21. The van der Waals surface area contributed by atoms with Gasteiger partial charge in [-0.3, -0.25) is 15.3 Å². The highest BCUT2D eigenvalue weighted by atomic mass is 35.5. The number of allylic oxidation sites excluding steroid dienone is 2. The summed E-state index contributed by atoms with van der Waals surface area (Å²) in [7, 11) is 3.54. The summed E-state index contributed by atoms with van der Waals surface area (Å²) in [6, 6.07) is -0.512. The zero-order chi connectivity index (χ0) is 23.6. The number of hydrogen-bond acceptors (Lipinski definition) is 9. The molecule has 0 saturated heterocycles. The standard InChI is InChI=1S/C19H30ClFN10/c1-7-13(21)9-27-18(31(6)14(25-8-2)10-26-12(4)24-5)11(3)28-17-15(20)16(22)29-19(23)30-17/h7,9-12,24H,1,8H2,2-6H3,(H5,22,23,28,29,30)/b13-9+,25-14?,26-10?,27-18?/t11-,12?/m0/s1. The van der Waals surface area contributed by atoms with Crippen molar-refractivity contribution < 1.29 is 4.39 Å². The Labute approximate surface area is 187 Å². The van der Waals surface area contributed by atoms with Crippen LogP contribution in [-0.2, 0) is 0 Å². The van der Waals surface area contributed by atoms with Crippen molar-refractivity contribution in [2.45, 2.75) is 33.0 Å². The van der Waals surface area contributed by atoms with E-state index in [-0.39, 0.29) is 28.8 Å². The summed E-state index contributed by atoms with van der Waals surface area (Å²) in [4.78, 5) is 22.7. The minimum absolute atomic E-state index is 0.0368. The number of halogens is 2. The van der Waals surface area contributed by atoms with Crippen molar-refractivity contribution in [1.82, 2.24) is 20.2 Å². The molecule has 1 unspecified atom stereocenters. The quantitative estimate of drug-likeness (QED) is 0.256. The molecule has 0 aromatic carbocycles. The zero-order valence-corrected chi connectivity index (χ0v) is 19.2. The van der Waals surface area contributed by atoms with E-state index in [0.29, 0.717) is 18.2 Å². The van der Waals surface area contributed by atoms with Crippen LogP contribution in [-0.4, -0.2) is 65.6 Å². The van der Waals surface area contributed by atoms with E-state index in [2.05, 4.69) is 42.2 Å². The number of hydrogen-bond donors (Lipinski definition) is 4. The highest BCUT2D eigenvalue weighted by molar-refractivity contribution is 6.35. The molecular formula is C19H30ClFN10. The number of nitrogen functional groups attached to an aromatic ring is 2. The first-order chi connectivity index (χ1) is 14.6. The lowest BCUT2D eigenvalue weighted by Gasteiger charge is -2.26. The van der Waals surface area contributed by atoms with Gasteiger partial charge in [0.2, 0.25) is 5.95 Å². The molecular weight excluding hydrogens is 423 g/mol. The number of nitrogens with one attached hydrogen (secondary N) is 2. The Kier molecular flexibility index (Phi) is 10.6. The lowest BCUT2D eigenvalue weighted by molar-refractivity contribution is 0.643. The van der Waals surface area contributed by atoms with Crippen molar-refractivity contribution in [3.05, 3.63) is 29.7 Å². The van der Waals surface area contributed by atoms with Gasteiger partial charge in [-0.2, -0.15) is 9.97 Å². The monoisotopic (exact) mass is 452 g/mol. The zero-order valence-electron chi connectivity index (χ0n) is 18.4. The van der Waals surface area contributed by atoms with E-state index in [9.17, 15) is 4.39 Å². The summed E-state index contributed by atoms with van der Waals surface area (Å²) in [5.74, 6) is 0.548. The maximum absolute atomic E-state index is 13.7. The Balaban J connectivity index is 3.37. The van der Waals surface area contributed by atoms with Gasteiger partial charge in [-0.1, -0.05) is 18.2 Å². The van der Waals surface area contributed by atoms with E-state index in [1.54, 1.807) is 32.1 Å². The highest BCUT2D eigenvalue weighted by Gasteiger charge is 2.21. The first-order valence-electron chi connectivity index (χ1n) is 9.53. The first kappa shape index (κ1) is 26.0. The molecule has 12 heteroatoms. The molecule has 0 bridgehead atoms. The molecule has 31 heavy (non-hydrogen) atoms. The van der Waals surface area contributed by atoms with Crippen LogP contribution in [0, 0.1) is 0 Å². The van der Waals surface area contributed by atoms with Crippen LogP contribution in [0.2, 0.25) is 5.02 Å².